The van der Waals surface area contributed by atoms with Crippen LogP contribution in [0.5, 0.6) is 23.0 Å². The number of hydrogen-bond acceptors (Lipinski definition) is 5. The van der Waals surface area contributed by atoms with Crippen molar-refractivity contribution in [2.45, 2.75) is 6.92 Å². The fourth-order valence-corrected chi connectivity index (χ4v) is 3.01. The van der Waals surface area contributed by atoms with Gasteiger partial charge in [0.25, 0.3) is 0 Å². The predicted molar refractivity (Wildman–Crippen MR) is 122 cm³/mol. The van der Waals surface area contributed by atoms with Gasteiger partial charge in [-0.3, -0.25) is 0 Å². The van der Waals surface area contributed by atoms with E-state index < -0.39 is 0 Å². The van der Waals surface area contributed by atoms with E-state index in [1.54, 1.807) is 7.11 Å². The van der Waals surface area contributed by atoms with Crippen LogP contribution in [0, 0.1) is 11.3 Å². The molecule has 0 radical (unpaired) electrons. The smallest absolute Gasteiger partial charge is 0.161 e. The average Bonchev–Trinajstić information content (AvgIpc) is 2.82. The summed E-state index contributed by atoms with van der Waals surface area (Å²) in [6, 6.07) is 24.9. The van der Waals surface area contributed by atoms with Crippen molar-refractivity contribution >= 4 is 11.6 Å². The summed E-state index contributed by atoms with van der Waals surface area (Å²) in [7, 11) is 1.61. The zero-order valence-electron chi connectivity index (χ0n) is 17.7. The lowest BCUT2D eigenvalue weighted by molar-refractivity contribution is 0.203. The van der Waals surface area contributed by atoms with E-state index in [2.05, 4.69) is 6.07 Å². The Labute approximate surface area is 183 Å². The summed E-state index contributed by atoms with van der Waals surface area (Å²) in [5, 5.41) is 9.55. The molecule has 0 saturated heterocycles. The zero-order chi connectivity index (χ0) is 21.9. The first kappa shape index (κ1) is 21.8. The molecule has 0 aliphatic rings. The molecule has 0 aliphatic heterocycles. The fourth-order valence-electron chi connectivity index (χ4n) is 3.01. The molecule has 0 atom stereocenters. The number of methoxy groups -OCH3 is 1. The molecule has 0 saturated carbocycles. The highest BCUT2D eigenvalue weighted by Gasteiger charge is 2.08. The first-order chi connectivity index (χ1) is 15.2. The van der Waals surface area contributed by atoms with Crippen molar-refractivity contribution in [1.29, 1.82) is 5.26 Å². The van der Waals surface area contributed by atoms with Gasteiger partial charge in [0, 0.05) is 0 Å². The third kappa shape index (κ3) is 6.03. The van der Waals surface area contributed by atoms with Crippen LogP contribution in [-0.2, 0) is 0 Å². The minimum Gasteiger partial charge on any atom is -0.493 e. The first-order valence-electron chi connectivity index (χ1n) is 10.1. The second-order valence-electron chi connectivity index (χ2n) is 6.52. The van der Waals surface area contributed by atoms with Gasteiger partial charge in [-0.25, -0.2) is 0 Å². The van der Waals surface area contributed by atoms with Crippen molar-refractivity contribution < 1.29 is 18.9 Å². The molecule has 0 amide bonds. The third-order valence-corrected chi connectivity index (χ3v) is 4.45. The summed E-state index contributed by atoms with van der Waals surface area (Å²) in [4.78, 5) is 0. The SMILES string of the molecule is CCOc1cc(/C=C(/C#N)c2ccccc2)ccc1OCCOc1ccccc1OC. The molecule has 3 rings (SSSR count). The van der Waals surface area contributed by atoms with E-state index in [0.29, 0.717) is 48.4 Å². The van der Waals surface area contributed by atoms with Crippen LogP contribution in [0.4, 0.5) is 0 Å². The standard InChI is InChI=1S/C26H25NO4/c1-3-29-26-18-20(17-22(19-27)21-9-5-4-6-10-21)13-14-25(26)31-16-15-30-24-12-8-7-11-23(24)28-2/h4-14,17-18H,3,15-16H2,1-2H3/b22-17-. The van der Waals surface area contributed by atoms with Gasteiger partial charge in [-0.2, -0.15) is 5.26 Å². The molecule has 5 heteroatoms. The van der Waals surface area contributed by atoms with Gasteiger partial charge >= 0.3 is 0 Å². The molecule has 0 spiro atoms. The van der Waals surface area contributed by atoms with Crippen LogP contribution < -0.4 is 18.9 Å². The Balaban J connectivity index is 1.69. The van der Waals surface area contributed by atoms with Crippen LogP contribution in [0.1, 0.15) is 18.1 Å². The van der Waals surface area contributed by atoms with Gasteiger partial charge in [-0.15, -0.1) is 0 Å². The lowest BCUT2D eigenvalue weighted by Gasteiger charge is -2.14. The number of hydrogen-bond donors (Lipinski definition) is 0. The van der Waals surface area contributed by atoms with Crippen molar-refractivity contribution in [1.82, 2.24) is 0 Å². The number of allylic oxidation sites excluding steroid dienone is 1. The van der Waals surface area contributed by atoms with Crippen molar-refractivity contribution in [3.8, 4) is 29.1 Å². The highest BCUT2D eigenvalue weighted by Crippen LogP contribution is 2.31. The first-order valence-corrected chi connectivity index (χ1v) is 10.1. The topological polar surface area (TPSA) is 60.7 Å². The highest BCUT2D eigenvalue weighted by atomic mass is 16.5. The molecule has 0 heterocycles. The highest BCUT2D eigenvalue weighted by molar-refractivity contribution is 5.89. The largest absolute Gasteiger partial charge is 0.493 e. The third-order valence-electron chi connectivity index (χ3n) is 4.45. The van der Waals surface area contributed by atoms with Crippen molar-refractivity contribution in [2.24, 2.45) is 0 Å². The van der Waals surface area contributed by atoms with E-state index in [1.807, 2.05) is 85.8 Å². The average molecular weight is 415 g/mol. The lowest BCUT2D eigenvalue weighted by atomic mass is 10.0. The molecule has 5 nitrogen and oxygen atoms in total. The molecule has 0 N–H and O–H groups in total. The number of para-hydroxylation sites is 2. The Hall–Kier alpha value is -3.91. The number of nitrogens with zero attached hydrogens (tertiary/aromatic N) is 1. The summed E-state index contributed by atoms with van der Waals surface area (Å²) in [5.41, 5.74) is 2.32. The van der Waals surface area contributed by atoms with Gasteiger partial charge in [0.2, 0.25) is 0 Å². The van der Waals surface area contributed by atoms with Gasteiger partial charge in [0.05, 0.1) is 25.4 Å². The maximum absolute atomic E-state index is 9.55. The molecule has 31 heavy (non-hydrogen) atoms. The second kappa shape index (κ2) is 11.3. The molecule has 0 fully saturated rings. The zero-order valence-corrected chi connectivity index (χ0v) is 17.7. The molecule has 0 aromatic heterocycles. The van der Waals surface area contributed by atoms with Crippen LogP contribution in [-0.4, -0.2) is 26.9 Å². The van der Waals surface area contributed by atoms with Gasteiger partial charge in [0.1, 0.15) is 13.2 Å². The summed E-state index contributed by atoms with van der Waals surface area (Å²) in [6.07, 6.45) is 1.84. The monoisotopic (exact) mass is 415 g/mol. The maximum atomic E-state index is 9.55. The van der Waals surface area contributed by atoms with Crippen LogP contribution >= 0.6 is 0 Å². The van der Waals surface area contributed by atoms with E-state index in [0.717, 1.165) is 11.1 Å². The quantitative estimate of drug-likeness (QED) is 0.244. The van der Waals surface area contributed by atoms with Crippen molar-refractivity contribution in [3.05, 3.63) is 83.9 Å². The summed E-state index contributed by atoms with van der Waals surface area (Å²) in [6.45, 7) is 3.13. The molecule has 0 unspecified atom stereocenters. The molecule has 3 aromatic rings. The van der Waals surface area contributed by atoms with E-state index >= 15 is 0 Å². The van der Waals surface area contributed by atoms with Crippen LogP contribution in [0.15, 0.2) is 72.8 Å². The Bertz CT molecular complexity index is 1050. The van der Waals surface area contributed by atoms with Gasteiger partial charge < -0.3 is 18.9 Å². The molecule has 0 aliphatic carbocycles. The Morgan fingerprint density at radius 1 is 0.806 bits per heavy atom. The van der Waals surface area contributed by atoms with Gasteiger partial charge in [-0.1, -0.05) is 48.5 Å². The van der Waals surface area contributed by atoms with Crippen LogP contribution in [0.3, 0.4) is 0 Å². The van der Waals surface area contributed by atoms with E-state index in [1.165, 1.54) is 0 Å². The molecule has 3 aromatic carbocycles. The van der Waals surface area contributed by atoms with Crippen molar-refractivity contribution in [2.75, 3.05) is 26.9 Å². The Morgan fingerprint density at radius 2 is 1.45 bits per heavy atom. The predicted octanol–water partition coefficient (Wildman–Crippen LogP) is 5.62. The lowest BCUT2D eigenvalue weighted by Crippen LogP contribution is -2.10. The molecular formula is C26H25NO4. The van der Waals surface area contributed by atoms with Crippen molar-refractivity contribution in [3.63, 3.8) is 0 Å². The summed E-state index contributed by atoms with van der Waals surface area (Å²) >= 11 is 0. The number of nitriles is 1. The number of ether oxygens (including phenoxy) is 4. The molecule has 0 bridgehead atoms. The van der Waals surface area contributed by atoms with Crippen LogP contribution in [0.25, 0.3) is 11.6 Å². The van der Waals surface area contributed by atoms with Gasteiger partial charge in [-0.05, 0) is 48.4 Å². The normalized spacial score (nSPS) is 10.8. The van der Waals surface area contributed by atoms with Crippen LogP contribution in [0.2, 0.25) is 0 Å². The summed E-state index contributed by atoms with van der Waals surface area (Å²) < 4.78 is 22.7. The Morgan fingerprint density at radius 3 is 2.10 bits per heavy atom. The molecular weight excluding hydrogens is 390 g/mol. The Kier molecular flexibility index (Phi) is 7.96. The van der Waals surface area contributed by atoms with E-state index in [4.69, 9.17) is 18.9 Å². The fraction of sp³-hybridized carbons (Fsp3) is 0.192. The minimum absolute atomic E-state index is 0.348. The van der Waals surface area contributed by atoms with Gasteiger partial charge in [0.15, 0.2) is 23.0 Å². The number of rotatable bonds is 10. The number of benzene rings is 3. The maximum Gasteiger partial charge on any atom is 0.161 e. The minimum atomic E-state index is 0.348. The second-order valence-corrected chi connectivity index (χ2v) is 6.52. The molecule has 158 valence electrons. The summed E-state index contributed by atoms with van der Waals surface area (Å²) in [5.74, 6) is 2.60. The van der Waals surface area contributed by atoms with E-state index in [-0.39, 0.29) is 0 Å². The van der Waals surface area contributed by atoms with E-state index in [9.17, 15) is 5.26 Å².